The number of hydrogen-bond acceptors (Lipinski definition) is 4. The second-order valence-electron chi connectivity index (χ2n) is 5.53. The summed E-state index contributed by atoms with van der Waals surface area (Å²) in [5, 5.41) is 0. The van der Waals surface area contributed by atoms with E-state index in [1.807, 2.05) is 43.3 Å². The van der Waals surface area contributed by atoms with Crippen LogP contribution in [0.25, 0.3) is 0 Å². The van der Waals surface area contributed by atoms with E-state index in [2.05, 4.69) is 0 Å². The lowest BCUT2D eigenvalue weighted by Crippen LogP contribution is -2.33. The minimum absolute atomic E-state index is 0.136. The summed E-state index contributed by atoms with van der Waals surface area (Å²) >= 11 is 0. The Kier molecular flexibility index (Phi) is 6.57. The van der Waals surface area contributed by atoms with E-state index in [0.29, 0.717) is 12.2 Å². The van der Waals surface area contributed by atoms with Gasteiger partial charge in [-0.2, -0.15) is 0 Å². The predicted molar refractivity (Wildman–Crippen MR) is 97.1 cm³/mol. The smallest absolute Gasteiger partial charge is 0.307 e. The molecule has 0 heterocycles. The molecule has 0 fully saturated rings. The summed E-state index contributed by atoms with van der Waals surface area (Å²) in [6, 6.07) is 14.5. The van der Waals surface area contributed by atoms with Gasteiger partial charge >= 0.3 is 5.97 Å². The largest absolute Gasteiger partial charge is 0.496 e. The number of rotatable bonds is 7. The van der Waals surface area contributed by atoms with Crippen molar-refractivity contribution >= 4 is 17.6 Å². The molecular weight excluding hydrogens is 318 g/mol. The molecule has 5 heteroatoms. The van der Waals surface area contributed by atoms with Crippen LogP contribution in [0.4, 0.5) is 5.69 Å². The molecule has 0 radical (unpaired) electrons. The molecule has 5 nitrogen and oxygen atoms in total. The highest BCUT2D eigenvalue weighted by atomic mass is 16.5. The molecule has 0 unspecified atom stereocenters. The Labute approximate surface area is 148 Å². The van der Waals surface area contributed by atoms with Gasteiger partial charge in [0, 0.05) is 17.8 Å². The third-order valence-electron chi connectivity index (χ3n) is 3.80. The van der Waals surface area contributed by atoms with Crippen molar-refractivity contribution in [3.8, 4) is 5.75 Å². The maximum atomic E-state index is 12.9. The number of carbonyl (C=O) groups excluding carboxylic acids is 2. The Balaban J connectivity index is 2.29. The zero-order chi connectivity index (χ0) is 18.2. The summed E-state index contributed by atoms with van der Waals surface area (Å²) in [6.07, 6.45) is 0.136. The number of aryl methyl sites for hydroxylation is 1. The predicted octanol–water partition coefficient (Wildman–Crippen LogP) is 3.60. The van der Waals surface area contributed by atoms with Crippen LogP contribution in [0, 0.1) is 6.92 Å². The lowest BCUT2D eigenvalue weighted by Gasteiger charge is -2.23. The number of methoxy groups -OCH3 is 1. The number of anilines is 1. The summed E-state index contributed by atoms with van der Waals surface area (Å²) in [6.45, 7) is 4.25. The summed E-state index contributed by atoms with van der Waals surface area (Å²) < 4.78 is 10.3. The first kappa shape index (κ1) is 18.5. The fraction of sp³-hybridized carbons (Fsp3) is 0.300. The van der Waals surface area contributed by atoms with E-state index >= 15 is 0 Å². The third-order valence-corrected chi connectivity index (χ3v) is 3.80. The highest BCUT2D eigenvalue weighted by Gasteiger charge is 2.19. The van der Waals surface area contributed by atoms with Crippen LogP contribution in [0.15, 0.2) is 48.5 Å². The van der Waals surface area contributed by atoms with Gasteiger partial charge in [0.05, 0.1) is 20.1 Å². The van der Waals surface area contributed by atoms with Crippen molar-refractivity contribution in [2.75, 3.05) is 25.2 Å². The van der Waals surface area contributed by atoms with E-state index in [1.165, 1.54) is 0 Å². The number of hydrogen-bond donors (Lipinski definition) is 0. The molecule has 2 aromatic carbocycles. The quantitative estimate of drug-likeness (QED) is 0.722. The highest BCUT2D eigenvalue weighted by molar-refractivity contribution is 6.06. The summed E-state index contributed by atoms with van der Waals surface area (Å²) in [4.78, 5) is 26.2. The molecule has 25 heavy (non-hydrogen) atoms. The van der Waals surface area contributed by atoms with E-state index in [1.54, 1.807) is 31.1 Å². The van der Waals surface area contributed by atoms with Crippen molar-refractivity contribution in [2.45, 2.75) is 20.3 Å². The summed E-state index contributed by atoms with van der Waals surface area (Å²) in [5.41, 5.74) is 2.21. The van der Waals surface area contributed by atoms with Crippen LogP contribution in [-0.4, -0.2) is 32.1 Å². The van der Waals surface area contributed by atoms with Crippen molar-refractivity contribution in [3.63, 3.8) is 0 Å². The number of carbonyl (C=O) groups is 2. The minimum Gasteiger partial charge on any atom is -0.496 e. The van der Waals surface area contributed by atoms with Gasteiger partial charge in [-0.15, -0.1) is 0 Å². The highest BCUT2D eigenvalue weighted by Crippen LogP contribution is 2.25. The van der Waals surface area contributed by atoms with Crippen LogP contribution in [0.1, 0.15) is 29.3 Å². The third kappa shape index (κ3) is 4.83. The maximum Gasteiger partial charge on any atom is 0.307 e. The Morgan fingerprint density at radius 2 is 1.80 bits per heavy atom. The molecule has 2 aromatic rings. The molecule has 0 atom stereocenters. The minimum atomic E-state index is -0.321. The molecule has 0 saturated carbocycles. The molecular formula is C20H23NO4. The number of ether oxygens (including phenoxy) is 2. The van der Waals surface area contributed by atoms with E-state index in [0.717, 1.165) is 17.0 Å². The Bertz CT molecular complexity index is 728. The van der Waals surface area contributed by atoms with E-state index in [4.69, 9.17) is 9.47 Å². The van der Waals surface area contributed by atoms with Crippen molar-refractivity contribution in [2.24, 2.45) is 0 Å². The topological polar surface area (TPSA) is 55.8 Å². The fourth-order valence-corrected chi connectivity index (χ4v) is 2.55. The molecule has 0 aliphatic carbocycles. The molecule has 0 aliphatic heterocycles. The van der Waals surface area contributed by atoms with Gasteiger partial charge in [-0.05, 0) is 49.7 Å². The fourth-order valence-electron chi connectivity index (χ4n) is 2.55. The number of benzene rings is 2. The first-order valence-corrected chi connectivity index (χ1v) is 8.24. The van der Waals surface area contributed by atoms with Crippen molar-refractivity contribution in [3.05, 3.63) is 59.7 Å². The molecule has 2 rings (SSSR count). The van der Waals surface area contributed by atoms with Gasteiger partial charge in [0.25, 0.3) is 5.91 Å². The van der Waals surface area contributed by atoms with E-state index in [-0.39, 0.29) is 24.8 Å². The van der Waals surface area contributed by atoms with Crippen molar-refractivity contribution in [1.82, 2.24) is 0 Å². The van der Waals surface area contributed by atoms with Crippen LogP contribution in [0.5, 0.6) is 5.75 Å². The molecule has 0 bridgehead atoms. The molecule has 1 amide bonds. The SMILES string of the molecule is CCOC(=O)CCN(C(=O)c1ccccc1)c1ccc(OC)c(C)c1. The van der Waals surface area contributed by atoms with Gasteiger partial charge in [-0.3, -0.25) is 9.59 Å². The molecule has 0 saturated heterocycles. The summed E-state index contributed by atoms with van der Waals surface area (Å²) in [5.74, 6) is 0.273. The normalized spacial score (nSPS) is 10.2. The van der Waals surface area contributed by atoms with E-state index < -0.39 is 0 Å². The lowest BCUT2D eigenvalue weighted by molar-refractivity contribution is -0.142. The monoisotopic (exact) mass is 341 g/mol. The first-order chi connectivity index (χ1) is 12.1. The number of amides is 1. The van der Waals surface area contributed by atoms with Gasteiger partial charge in [-0.1, -0.05) is 18.2 Å². The average Bonchev–Trinajstić information content (AvgIpc) is 2.63. The Morgan fingerprint density at radius 3 is 2.40 bits per heavy atom. The van der Waals surface area contributed by atoms with Gasteiger partial charge in [0.2, 0.25) is 0 Å². The second-order valence-corrected chi connectivity index (χ2v) is 5.53. The van der Waals surface area contributed by atoms with Gasteiger partial charge in [0.15, 0.2) is 0 Å². The van der Waals surface area contributed by atoms with Crippen LogP contribution in [0.3, 0.4) is 0 Å². The molecule has 0 aliphatic rings. The zero-order valence-electron chi connectivity index (χ0n) is 14.8. The Hall–Kier alpha value is -2.82. The van der Waals surface area contributed by atoms with Crippen LogP contribution < -0.4 is 9.64 Å². The lowest BCUT2D eigenvalue weighted by atomic mass is 10.1. The molecule has 0 spiro atoms. The second kappa shape index (κ2) is 8.87. The number of esters is 1. The molecule has 132 valence electrons. The van der Waals surface area contributed by atoms with Gasteiger partial charge < -0.3 is 14.4 Å². The number of nitrogens with zero attached hydrogens (tertiary/aromatic N) is 1. The van der Waals surface area contributed by atoms with Crippen LogP contribution in [-0.2, 0) is 9.53 Å². The summed E-state index contributed by atoms with van der Waals surface area (Å²) in [7, 11) is 1.61. The average molecular weight is 341 g/mol. The van der Waals surface area contributed by atoms with Crippen molar-refractivity contribution < 1.29 is 19.1 Å². The van der Waals surface area contributed by atoms with Crippen LogP contribution >= 0.6 is 0 Å². The Morgan fingerprint density at radius 1 is 1.08 bits per heavy atom. The molecule has 0 N–H and O–H groups in total. The van der Waals surface area contributed by atoms with Crippen molar-refractivity contribution in [1.29, 1.82) is 0 Å². The van der Waals surface area contributed by atoms with Gasteiger partial charge in [0.1, 0.15) is 5.75 Å². The maximum absolute atomic E-state index is 12.9. The van der Waals surface area contributed by atoms with Crippen LogP contribution in [0.2, 0.25) is 0 Å². The van der Waals surface area contributed by atoms with E-state index in [9.17, 15) is 9.59 Å². The molecule has 0 aromatic heterocycles. The van der Waals surface area contributed by atoms with Gasteiger partial charge in [-0.25, -0.2) is 0 Å². The standard InChI is InChI=1S/C20H23NO4/c1-4-25-19(22)12-13-21(20(23)16-8-6-5-7-9-16)17-10-11-18(24-3)15(2)14-17/h5-11,14H,4,12-13H2,1-3H3. The zero-order valence-corrected chi connectivity index (χ0v) is 14.8. The first-order valence-electron chi connectivity index (χ1n) is 8.24.